The van der Waals surface area contributed by atoms with Gasteiger partial charge in [-0.15, -0.1) is 0 Å². The zero-order valence-corrected chi connectivity index (χ0v) is 23.3. The summed E-state index contributed by atoms with van der Waals surface area (Å²) in [4.78, 5) is 28.7. The second-order valence-electron chi connectivity index (χ2n) is 11.1. The summed E-state index contributed by atoms with van der Waals surface area (Å²) in [5.74, 6) is -0.673. The van der Waals surface area contributed by atoms with E-state index in [0.717, 1.165) is 34.6 Å². The van der Waals surface area contributed by atoms with E-state index in [1.54, 1.807) is 18.3 Å². The Hall–Kier alpha value is -4.46. The van der Waals surface area contributed by atoms with Crippen LogP contribution in [-0.4, -0.2) is 37.7 Å². The maximum Gasteiger partial charge on any atom is 0.240 e. The highest BCUT2D eigenvalue weighted by molar-refractivity contribution is 5.86. The van der Waals surface area contributed by atoms with E-state index < -0.39 is 11.9 Å². The maximum absolute atomic E-state index is 12.6. The Labute approximate surface area is 235 Å². The average Bonchev–Trinajstić information content (AvgIpc) is 3.36. The van der Waals surface area contributed by atoms with Gasteiger partial charge in [0.25, 0.3) is 0 Å². The van der Waals surface area contributed by atoms with Crippen molar-refractivity contribution in [3.05, 3.63) is 95.9 Å². The molecule has 208 valence electrons. The van der Waals surface area contributed by atoms with Gasteiger partial charge < -0.3 is 16.2 Å². The molecule has 8 heteroatoms. The molecule has 0 unspecified atom stereocenters. The number of phenolic OH excluding ortho intramolecular Hbond substituents is 1. The number of rotatable bonds is 11. The minimum absolute atomic E-state index is 0.0647. The summed E-state index contributed by atoms with van der Waals surface area (Å²) in [5, 5.41) is 17.1. The van der Waals surface area contributed by atoms with Crippen LogP contribution in [0.1, 0.15) is 56.9 Å². The van der Waals surface area contributed by atoms with E-state index in [9.17, 15) is 14.7 Å². The number of hydrogen-bond acceptors (Lipinski definition) is 5. The highest BCUT2D eigenvalue weighted by Crippen LogP contribution is 2.27. The summed E-state index contributed by atoms with van der Waals surface area (Å²) >= 11 is 0. The molecule has 4 aromatic rings. The van der Waals surface area contributed by atoms with Crippen molar-refractivity contribution in [2.75, 3.05) is 0 Å². The fraction of sp³-hybridized carbons (Fsp3) is 0.312. The number of primary amides is 1. The molecule has 1 atom stereocenters. The first-order valence-electron chi connectivity index (χ1n) is 13.6. The van der Waals surface area contributed by atoms with Crippen LogP contribution >= 0.6 is 0 Å². The van der Waals surface area contributed by atoms with Crippen molar-refractivity contribution in [3.63, 3.8) is 0 Å². The number of nitrogens with zero attached hydrogens (tertiary/aromatic N) is 3. The molecule has 40 heavy (non-hydrogen) atoms. The molecule has 2 aromatic carbocycles. The summed E-state index contributed by atoms with van der Waals surface area (Å²) in [6.07, 6.45) is 6.25. The first-order valence-corrected chi connectivity index (χ1v) is 13.6. The van der Waals surface area contributed by atoms with E-state index >= 15 is 0 Å². The molecule has 0 aliphatic carbocycles. The number of aromatic nitrogens is 3. The van der Waals surface area contributed by atoms with Gasteiger partial charge in [-0.1, -0.05) is 45.0 Å². The number of carbonyl (C=O) groups excluding carboxylic acids is 2. The van der Waals surface area contributed by atoms with Gasteiger partial charge in [-0.3, -0.25) is 14.6 Å². The van der Waals surface area contributed by atoms with Gasteiger partial charge in [-0.05, 0) is 78.3 Å². The van der Waals surface area contributed by atoms with E-state index in [4.69, 9.17) is 10.8 Å². The van der Waals surface area contributed by atoms with Gasteiger partial charge in [0.2, 0.25) is 11.8 Å². The Morgan fingerprint density at radius 2 is 1.75 bits per heavy atom. The molecule has 2 aromatic heterocycles. The standard InChI is InChI=1S/C32H37N5O3/c1-32(2,3)24-12-14-26(15-13-24)37-29(23-7-6-18-34-21-23)20-25(36-37)8-4-5-9-30(39)35-28(31(33)40)19-22-10-16-27(38)17-11-22/h6-7,10-18,20-21,28,38H,4-5,8-9,19H2,1-3H3,(H2,33,40)(H,35,39)/t28-/m0/s1. The van der Waals surface area contributed by atoms with Crippen molar-refractivity contribution in [3.8, 4) is 22.7 Å². The number of pyridine rings is 1. The van der Waals surface area contributed by atoms with E-state index in [1.165, 1.54) is 17.7 Å². The summed E-state index contributed by atoms with van der Waals surface area (Å²) in [6.45, 7) is 6.58. The highest BCUT2D eigenvalue weighted by Gasteiger charge is 2.19. The molecule has 4 rings (SSSR count). The van der Waals surface area contributed by atoms with Crippen LogP contribution in [0, 0.1) is 0 Å². The van der Waals surface area contributed by atoms with Crippen LogP contribution in [-0.2, 0) is 27.8 Å². The van der Waals surface area contributed by atoms with Gasteiger partial charge in [-0.2, -0.15) is 5.10 Å². The van der Waals surface area contributed by atoms with Crippen LogP contribution in [0.4, 0.5) is 0 Å². The summed E-state index contributed by atoms with van der Waals surface area (Å²) in [5.41, 5.74) is 11.5. The number of aromatic hydroxyl groups is 1. The number of amides is 2. The molecular weight excluding hydrogens is 502 g/mol. The lowest BCUT2D eigenvalue weighted by molar-refractivity contribution is -0.127. The third kappa shape index (κ3) is 7.56. The number of unbranched alkanes of at least 4 members (excludes halogenated alkanes) is 1. The first kappa shape index (κ1) is 28.5. The number of nitrogens with two attached hydrogens (primary N) is 1. The molecule has 0 fully saturated rings. The van der Waals surface area contributed by atoms with Crippen LogP contribution in [0.3, 0.4) is 0 Å². The Bertz CT molecular complexity index is 1420. The SMILES string of the molecule is CC(C)(C)c1ccc(-n2nc(CCCCC(=O)N[C@@H](Cc3ccc(O)cc3)C(N)=O)cc2-c2cccnc2)cc1. The normalized spacial score (nSPS) is 12.2. The van der Waals surface area contributed by atoms with Crippen molar-refractivity contribution in [2.24, 2.45) is 5.73 Å². The van der Waals surface area contributed by atoms with Crippen molar-refractivity contribution < 1.29 is 14.7 Å². The lowest BCUT2D eigenvalue weighted by Crippen LogP contribution is -2.45. The molecule has 0 saturated heterocycles. The number of phenols is 1. The van der Waals surface area contributed by atoms with E-state index in [0.29, 0.717) is 12.8 Å². The number of aryl methyl sites for hydroxylation is 1. The fourth-order valence-corrected chi connectivity index (χ4v) is 4.52. The smallest absolute Gasteiger partial charge is 0.240 e. The molecule has 0 bridgehead atoms. The van der Waals surface area contributed by atoms with Crippen LogP contribution in [0.5, 0.6) is 5.75 Å². The lowest BCUT2D eigenvalue weighted by Gasteiger charge is -2.19. The van der Waals surface area contributed by atoms with Crippen LogP contribution in [0.2, 0.25) is 0 Å². The molecule has 0 aliphatic rings. The number of carbonyl (C=O) groups is 2. The minimum atomic E-state index is -0.806. The predicted molar refractivity (Wildman–Crippen MR) is 156 cm³/mol. The maximum atomic E-state index is 12.6. The van der Waals surface area contributed by atoms with Gasteiger partial charge in [0.05, 0.1) is 17.1 Å². The largest absolute Gasteiger partial charge is 0.508 e. The quantitative estimate of drug-likeness (QED) is 0.235. The molecule has 4 N–H and O–H groups in total. The van der Waals surface area contributed by atoms with Crippen LogP contribution in [0.25, 0.3) is 16.9 Å². The Morgan fingerprint density at radius 3 is 2.38 bits per heavy atom. The Kier molecular flexibility index (Phi) is 8.99. The van der Waals surface area contributed by atoms with Crippen molar-refractivity contribution >= 4 is 11.8 Å². The fourth-order valence-electron chi connectivity index (χ4n) is 4.52. The van der Waals surface area contributed by atoms with Gasteiger partial charge in [0, 0.05) is 30.8 Å². The van der Waals surface area contributed by atoms with E-state index in [1.807, 2.05) is 23.0 Å². The molecule has 0 spiro atoms. The average molecular weight is 540 g/mol. The van der Waals surface area contributed by atoms with Crippen LogP contribution < -0.4 is 11.1 Å². The third-order valence-corrected chi connectivity index (χ3v) is 6.84. The van der Waals surface area contributed by atoms with Crippen molar-refractivity contribution in [1.82, 2.24) is 20.1 Å². The summed E-state index contributed by atoms with van der Waals surface area (Å²) in [6, 6.07) is 20.2. The second kappa shape index (κ2) is 12.6. The third-order valence-electron chi connectivity index (χ3n) is 6.84. The highest BCUT2D eigenvalue weighted by atomic mass is 16.3. The molecule has 2 heterocycles. The topological polar surface area (TPSA) is 123 Å². The minimum Gasteiger partial charge on any atom is -0.508 e. The van der Waals surface area contributed by atoms with E-state index in [2.05, 4.69) is 61.4 Å². The van der Waals surface area contributed by atoms with Gasteiger partial charge >= 0.3 is 0 Å². The first-order chi connectivity index (χ1) is 19.1. The molecule has 8 nitrogen and oxygen atoms in total. The van der Waals surface area contributed by atoms with Gasteiger partial charge in [-0.25, -0.2) is 4.68 Å². The number of benzene rings is 2. The molecular formula is C32H37N5O3. The Balaban J connectivity index is 1.38. The number of nitrogens with one attached hydrogen (secondary N) is 1. The lowest BCUT2D eigenvalue weighted by atomic mass is 9.87. The van der Waals surface area contributed by atoms with Gasteiger partial charge in [0.1, 0.15) is 11.8 Å². The van der Waals surface area contributed by atoms with Crippen molar-refractivity contribution in [1.29, 1.82) is 0 Å². The van der Waals surface area contributed by atoms with Gasteiger partial charge in [0.15, 0.2) is 0 Å². The molecule has 0 radical (unpaired) electrons. The monoisotopic (exact) mass is 539 g/mol. The van der Waals surface area contributed by atoms with Crippen molar-refractivity contribution in [2.45, 2.75) is 64.3 Å². The zero-order valence-electron chi connectivity index (χ0n) is 23.3. The Morgan fingerprint density at radius 1 is 1.02 bits per heavy atom. The van der Waals surface area contributed by atoms with E-state index in [-0.39, 0.29) is 29.9 Å². The summed E-state index contributed by atoms with van der Waals surface area (Å²) < 4.78 is 1.95. The second-order valence-corrected chi connectivity index (χ2v) is 11.1. The molecule has 0 aliphatic heterocycles. The molecule has 0 saturated carbocycles. The van der Waals surface area contributed by atoms with Crippen LogP contribution in [0.15, 0.2) is 79.1 Å². The summed E-state index contributed by atoms with van der Waals surface area (Å²) in [7, 11) is 0. The zero-order chi connectivity index (χ0) is 28.7. The predicted octanol–water partition coefficient (Wildman–Crippen LogP) is 4.86. The molecule has 2 amide bonds. The number of hydrogen-bond donors (Lipinski definition) is 3.